The molecule has 1 saturated heterocycles. The highest BCUT2D eigenvalue weighted by Crippen LogP contribution is 2.21. The van der Waals surface area contributed by atoms with E-state index >= 15 is 0 Å². The Kier molecular flexibility index (Phi) is 5.48. The van der Waals surface area contributed by atoms with E-state index in [9.17, 15) is 27.2 Å². The van der Waals surface area contributed by atoms with Gasteiger partial charge in [0.2, 0.25) is 0 Å². The van der Waals surface area contributed by atoms with E-state index in [1.165, 1.54) is 23.1 Å². The number of alkyl halides is 3. The molecule has 0 aliphatic carbocycles. The van der Waals surface area contributed by atoms with Gasteiger partial charge in [0.15, 0.2) is 0 Å². The molecule has 0 spiro atoms. The van der Waals surface area contributed by atoms with Crippen molar-refractivity contribution >= 4 is 16.7 Å². The summed E-state index contributed by atoms with van der Waals surface area (Å²) in [6, 6.07) is 10.6. The number of likely N-dealkylation sites (tertiary alicyclic amines) is 1. The number of benzene rings is 2. The molecular weight excluding hydrogens is 416 g/mol. The van der Waals surface area contributed by atoms with Gasteiger partial charge in [-0.15, -0.1) is 0 Å². The number of carbonyl (C=O) groups is 1. The monoisotopic (exact) mass is 434 g/mol. The van der Waals surface area contributed by atoms with Gasteiger partial charge in [-0.2, -0.15) is 18.3 Å². The second-order valence-corrected chi connectivity index (χ2v) is 7.44. The Morgan fingerprint density at radius 1 is 1.16 bits per heavy atom. The normalized spacial score (nSPS) is 14.6. The number of fused-ring (bicyclic) bond motifs is 1. The van der Waals surface area contributed by atoms with Crippen LogP contribution in [0.25, 0.3) is 10.8 Å². The van der Waals surface area contributed by atoms with Crippen molar-refractivity contribution in [2.45, 2.75) is 18.6 Å². The Bertz CT molecular complexity index is 1190. The van der Waals surface area contributed by atoms with E-state index in [-0.39, 0.29) is 30.6 Å². The number of nitrogens with zero attached hydrogens (tertiary/aromatic N) is 2. The molecule has 1 fully saturated rings. The molecule has 0 bridgehead atoms. The molecule has 0 unspecified atom stereocenters. The first-order valence-corrected chi connectivity index (χ1v) is 9.55. The standard InChI is InChI=1S/C21H18F4N4O2/c22-17-6-5-12(8-18-14-3-1-2-4-15(14)19(30)28-27-18)7-16(17)20(31)29-9-13(10-29)26-11-21(23,24)25/h1-7,13,26H,8-11H2,(H,28,30). The second kappa shape index (κ2) is 8.10. The average molecular weight is 434 g/mol. The van der Waals surface area contributed by atoms with Crippen LogP contribution in [0.2, 0.25) is 0 Å². The van der Waals surface area contributed by atoms with Gasteiger partial charge < -0.3 is 10.2 Å². The molecule has 162 valence electrons. The minimum absolute atomic E-state index is 0.0741. The second-order valence-electron chi connectivity index (χ2n) is 7.44. The van der Waals surface area contributed by atoms with Gasteiger partial charge in [-0.3, -0.25) is 9.59 Å². The fraction of sp³-hybridized carbons (Fsp3) is 0.286. The molecular formula is C21H18F4N4O2. The molecule has 31 heavy (non-hydrogen) atoms. The van der Waals surface area contributed by atoms with Crippen molar-refractivity contribution in [1.82, 2.24) is 20.4 Å². The van der Waals surface area contributed by atoms with Crippen LogP contribution in [0.5, 0.6) is 0 Å². The van der Waals surface area contributed by atoms with E-state index in [0.29, 0.717) is 22.0 Å². The summed E-state index contributed by atoms with van der Waals surface area (Å²) in [6.45, 7) is -0.987. The molecule has 2 N–H and O–H groups in total. The van der Waals surface area contributed by atoms with Crippen molar-refractivity contribution in [2.24, 2.45) is 0 Å². The van der Waals surface area contributed by atoms with E-state index in [0.717, 1.165) is 0 Å². The first-order chi connectivity index (χ1) is 14.7. The Morgan fingerprint density at radius 2 is 1.87 bits per heavy atom. The number of rotatable bonds is 5. The third kappa shape index (κ3) is 4.58. The Balaban J connectivity index is 1.49. The molecule has 6 nitrogen and oxygen atoms in total. The number of halogens is 4. The molecule has 0 radical (unpaired) electrons. The summed E-state index contributed by atoms with van der Waals surface area (Å²) in [6.07, 6.45) is -4.07. The summed E-state index contributed by atoms with van der Waals surface area (Å²) in [5, 5.41) is 9.98. The first kappa shape index (κ1) is 21.0. The lowest BCUT2D eigenvalue weighted by molar-refractivity contribution is -0.127. The van der Waals surface area contributed by atoms with Crippen LogP contribution in [0.15, 0.2) is 47.3 Å². The summed E-state index contributed by atoms with van der Waals surface area (Å²) in [5.41, 5.74) is 0.712. The number of H-pyrrole nitrogens is 1. The molecule has 2 aromatic carbocycles. The van der Waals surface area contributed by atoms with Crippen LogP contribution in [-0.4, -0.2) is 52.9 Å². The predicted octanol–water partition coefficient (Wildman–Crippen LogP) is 2.63. The molecule has 3 aromatic rings. The molecule has 10 heteroatoms. The van der Waals surface area contributed by atoms with Crippen molar-refractivity contribution < 1.29 is 22.4 Å². The molecule has 4 rings (SSSR count). The summed E-state index contributed by atoms with van der Waals surface area (Å²) >= 11 is 0. The van der Waals surface area contributed by atoms with Crippen molar-refractivity contribution in [1.29, 1.82) is 0 Å². The van der Waals surface area contributed by atoms with Crippen LogP contribution in [-0.2, 0) is 6.42 Å². The Morgan fingerprint density at radius 3 is 2.58 bits per heavy atom. The number of hydrogen-bond acceptors (Lipinski definition) is 4. The van der Waals surface area contributed by atoms with Gasteiger partial charge in [0.1, 0.15) is 5.82 Å². The van der Waals surface area contributed by atoms with Gasteiger partial charge in [0.25, 0.3) is 11.5 Å². The lowest BCUT2D eigenvalue weighted by atomic mass is 10.0. The largest absolute Gasteiger partial charge is 0.401 e. The molecule has 1 aromatic heterocycles. The third-order valence-corrected chi connectivity index (χ3v) is 5.17. The lowest BCUT2D eigenvalue weighted by Crippen LogP contribution is -2.61. The van der Waals surface area contributed by atoms with E-state index < -0.39 is 30.5 Å². The SMILES string of the molecule is O=C(c1cc(Cc2n[nH]c(=O)c3ccccc23)ccc1F)N1CC(NCC(F)(F)F)C1. The quantitative estimate of drug-likeness (QED) is 0.606. The summed E-state index contributed by atoms with van der Waals surface area (Å²) in [7, 11) is 0. The van der Waals surface area contributed by atoms with Crippen LogP contribution >= 0.6 is 0 Å². The van der Waals surface area contributed by atoms with Gasteiger partial charge in [0.05, 0.1) is 23.2 Å². The highest BCUT2D eigenvalue weighted by molar-refractivity contribution is 5.95. The highest BCUT2D eigenvalue weighted by Gasteiger charge is 2.35. The van der Waals surface area contributed by atoms with E-state index in [4.69, 9.17) is 0 Å². The maximum absolute atomic E-state index is 14.3. The first-order valence-electron chi connectivity index (χ1n) is 9.55. The summed E-state index contributed by atoms with van der Waals surface area (Å²) < 4.78 is 51.1. The number of nitrogens with one attached hydrogen (secondary N) is 2. The molecule has 1 aliphatic heterocycles. The maximum Gasteiger partial charge on any atom is 0.401 e. The van der Waals surface area contributed by atoms with Gasteiger partial charge in [-0.1, -0.05) is 24.3 Å². The Labute approximate surface area is 173 Å². The third-order valence-electron chi connectivity index (χ3n) is 5.17. The van der Waals surface area contributed by atoms with Crippen LogP contribution in [0.4, 0.5) is 17.6 Å². The summed E-state index contributed by atoms with van der Waals surface area (Å²) in [5.74, 6) is -1.29. The zero-order valence-corrected chi connectivity index (χ0v) is 16.2. The highest BCUT2D eigenvalue weighted by atomic mass is 19.4. The molecule has 1 amide bonds. The van der Waals surface area contributed by atoms with Crippen molar-refractivity contribution in [3.8, 4) is 0 Å². The zero-order chi connectivity index (χ0) is 22.2. The smallest absolute Gasteiger partial charge is 0.335 e. The van der Waals surface area contributed by atoms with Crippen LogP contribution < -0.4 is 10.9 Å². The fourth-order valence-corrected chi connectivity index (χ4v) is 3.55. The van der Waals surface area contributed by atoms with Crippen molar-refractivity contribution in [2.75, 3.05) is 19.6 Å². The van der Waals surface area contributed by atoms with E-state index in [2.05, 4.69) is 15.5 Å². The number of carbonyl (C=O) groups excluding carboxylic acids is 1. The topological polar surface area (TPSA) is 78.1 Å². The van der Waals surface area contributed by atoms with Gasteiger partial charge in [-0.05, 0) is 23.8 Å². The number of aromatic amines is 1. The van der Waals surface area contributed by atoms with Gasteiger partial charge >= 0.3 is 6.18 Å². The van der Waals surface area contributed by atoms with Crippen molar-refractivity contribution in [3.05, 3.63) is 75.5 Å². The summed E-state index contributed by atoms with van der Waals surface area (Å²) in [4.78, 5) is 25.9. The Hall–Kier alpha value is -3.27. The van der Waals surface area contributed by atoms with Gasteiger partial charge in [-0.25, -0.2) is 9.49 Å². The fourth-order valence-electron chi connectivity index (χ4n) is 3.55. The van der Waals surface area contributed by atoms with Crippen LogP contribution in [0.3, 0.4) is 0 Å². The molecule has 2 heterocycles. The molecule has 1 aliphatic rings. The van der Waals surface area contributed by atoms with E-state index in [1.54, 1.807) is 24.3 Å². The predicted molar refractivity (Wildman–Crippen MR) is 105 cm³/mol. The lowest BCUT2D eigenvalue weighted by Gasteiger charge is -2.40. The van der Waals surface area contributed by atoms with E-state index in [1.807, 2.05) is 0 Å². The van der Waals surface area contributed by atoms with Crippen LogP contribution in [0.1, 0.15) is 21.6 Å². The average Bonchev–Trinajstić information content (AvgIpc) is 2.69. The number of amides is 1. The molecule has 0 atom stereocenters. The minimum Gasteiger partial charge on any atom is -0.335 e. The zero-order valence-electron chi connectivity index (χ0n) is 16.2. The number of aromatic nitrogens is 2. The van der Waals surface area contributed by atoms with Gasteiger partial charge in [0, 0.05) is 30.9 Å². The number of hydrogen-bond donors (Lipinski definition) is 2. The maximum atomic E-state index is 14.3. The van der Waals surface area contributed by atoms with Crippen LogP contribution in [0, 0.1) is 5.82 Å². The van der Waals surface area contributed by atoms with Crippen molar-refractivity contribution in [3.63, 3.8) is 0 Å². The minimum atomic E-state index is -4.33. The molecule has 0 saturated carbocycles.